The minimum atomic E-state index is -4.19. The van der Waals surface area contributed by atoms with Crippen LogP contribution in [0.1, 0.15) is 0 Å². The van der Waals surface area contributed by atoms with Gasteiger partial charge in [0.25, 0.3) is 20.0 Å². The molecule has 26 heavy (non-hydrogen) atoms. The van der Waals surface area contributed by atoms with Gasteiger partial charge >= 0.3 is 6.03 Å². The van der Waals surface area contributed by atoms with Crippen LogP contribution in [0.5, 0.6) is 0 Å². The average Bonchev–Trinajstić information content (AvgIpc) is 2.99. The molecule has 3 rings (SSSR count). The molecule has 1 heterocycles. The lowest BCUT2D eigenvalue weighted by Gasteiger charge is -2.19. The molecule has 1 fully saturated rings. The van der Waals surface area contributed by atoms with Crippen LogP contribution in [-0.4, -0.2) is 44.6 Å². The Morgan fingerprint density at radius 1 is 0.654 bits per heavy atom. The van der Waals surface area contributed by atoms with Gasteiger partial charge in [-0.2, -0.15) is 0 Å². The van der Waals surface area contributed by atoms with Crippen LogP contribution in [0.15, 0.2) is 58.3 Å². The first-order valence-corrected chi connectivity index (χ1v) is 10.9. The summed E-state index contributed by atoms with van der Waals surface area (Å²) in [7, 11) is -8.38. The Hall–Kier alpha value is -1.81. The SMILES string of the molecule is O=C1N(S(=O)(=O)c2ccc(Cl)cc2)CCN1S(=O)(=O)c1ccc(Cl)cc1. The van der Waals surface area contributed by atoms with Crippen LogP contribution in [-0.2, 0) is 20.0 Å². The number of carbonyl (C=O) groups is 1. The van der Waals surface area contributed by atoms with E-state index in [-0.39, 0.29) is 22.9 Å². The highest BCUT2D eigenvalue weighted by atomic mass is 35.5. The normalized spacial score (nSPS) is 15.5. The highest BCUT2D eigenvalue weighted by molar-refractivity contribution is 7.91. The number of hydrogen-bond donors (Lipinski definition) is 0. The molecule has 0 atom stereocenters. The Morgan fingerprint density at radius 2 is 0.962 bits per heavy atom. The van der Waals surface area contributed by atoms with E-state index in [1.807, 2.05) is 0 Å². The molecule has 7 nitrogen and oxygen atoms in total. The number of halogens is 2. The number of carbonyl (C=O) groups excluding carboxylic acids is 1. The molecule has 0 spiro atoms. The van der Waals surface area contributed by atoms with Gasteiger partial charge in [0.15, 0.2) is 0 Å². The van der Waals surface area contributed by atoms with Crippen LogP contribution in [0.4, 0.5) is 4.79 Å². The van der Waals surface area contributed by atoms with Gasteiger partial charge in [-0.25, -0.2) is 30.2 Å². The van der Waals surface area contributed by atoms with Crippen molar-refractivity contribution in [3.63, 3.8) is 0 Å². The Balaban J connectivity index is 1.92. The molecule has 0 aliphatic carbocycles. The van der Waals surface area contributed by atoms with Gasteiger partial charge in [0, 0.05) is 10.0 Å². The first-order valence-electron chi connectivity index (χ1n) is 7.24. The van der Waals surface area contributed by atoms with E-state index in [1.165, 1.54) is 48.5 Å². The van der Waals surface area contributed by atoms with Crippen LogP contribution in [0.3, 0.4) is 0 Å². The molecule has 138 valence electrons. The lowest BCUT2D eigenvalue weighted by atomic mass is 10.4. The predicted octanol–water partition coefficient (Wildman–Crippen LogP) is 2.81. The first kappa shape index (κ1) is 19.0. The lowest BCUT2D eigenvalue weighted by Crippen LogP contribution is -2.39. The minimum Gasteiger partial charge on any atom is -0.246 e. The van der Waals surface area contributed by atoms with Crippen LogP contribution in [0.2, 0.25) is 10.0 Å². The van der Waals surface area contributed by atoms with Crippen molar-refractivity contribution in [3.05, 3.63) is 58.6 Å². The molecule has 2 aromatic rings. The number of sulfonamides is 2. The Morgan fingerprint density at radius 3 is 1.27 bits per heavy atom. The summed E-state index contributed by atoms with van der Waals surface area (Å²) >= 11 is 11.5. The van der Waals surface area contributed by atoms with E-state index in [2.05, 4.69) is 0 Å². The van der Waals surface area contributed by atoms with Crippen molar-refractivity contribution in [2.24, 2.45) is 0 Å². The van der Waals surface area contributed by atoms with Gasteiger partial charge < -0.3 is 0 Å². The zero-order valence-corrected chi connectivity index (χ0v) is 16.2. The first-order chi connectivity index (χ1) is 12.1. The van der Waals surface area contributed by atoms with Gasteiger partial charge in [0.05, 0.1) is 22.9 Å². The largest absolute Gasteiger partial charge is 0.348 e. The zero-order chi connectivity index (χ0) is 19.1. The molecule has 0 N–H and O–H groups in total. The van der Waals surface area contributed by atoms with E-state index >= 15 is 0 Å². The Kier molecular flexibility index (Phi) is 4.91. The second kappa shape index (κ2) is 6.73. The van der Waals surface area contributed by atoms with Crippen molar-refractivity contribution in [2.75, 3.05) is 13.1 Å². The molecule has 2 amide bonds. The van der Waals surface area contributed by atoms with Gasteiger partial charge in [0.1, 0.15) is 0 Å². The molecule has 0 unspecified atom stereocenters. The van der Waals surface area contributed by atoms with E-state index in [1.54, 1.807) is 0 Å². The van der Waals surface area contributed by atoms with Crippen molar-refractivity contribution < 1.29 is 21.6 Å². The molecule has 2 aromatic carbocycles. The maximum absolute atomic E-state index is 12.6. The molecule has 1 saturated heterocycles. The number of nitrogens with zero attached hydrogens (tertiary/aromatic N) is 2. The molecule has 11 heteroatoms. The molecule has 0 bridgehead atoms. The molecule has 0 saturated carbocycles. The van der Waals surface area contributed by atoms with Crippen LogP contribution in [0, 0.1) is 0 Å². The summed E-state index contributed by atoms with van der Waals surface area (Å²) in [5.74, 6) is 0. The highest BCUT2D eigenvalue weighted by Crippen LogP contribution is 2.27. The summed E-state index contributed by atoms with van der Waals surface area (Å²) in [5, 5.41) is 0.673. The van der Waals surface area contributed by atoms with Crippen molar-refractivity contribution in [3.8, 4) is 0 Å². The molecule has 0 radical (unpaired) electrons. The van der Waals surface area contributed by atoms with Gasteiger partial charge in [-0.3, -0.25) is 0 Å². The molecule has 0 aromatic heterocycles. The van der Waals surface area contributed by atoms with E-state index in [9.17, 15) is 21.6 Å². The summed E-state index contributed by atoms with van der Waals surface area (Å²) in [6, 6.07) is 9.36. The highest BCUT2D eigenvalue weighted by Gasteiger charge is 2.43. The van der Waals surface area contributed by atoms with Crippen LogP contribution < -0.4 is 0 Å². The third kappa shape index (κ3) is 3.27. The second-order valence-electron chi connectivity index (χ2n) is 5.34. The number of rotatable bonds is 4. The third-order valence-corrected chi connectivity index (χ3v) is 7.81. The number of benzene rings is 2. The summed E-state index contributed by atoms with van der Waals surface area (Å²) in [6.07, 6.45) is 0. The third-order valence-electron chi connectivity index (χ3n) is 3.74. The lowest BCUT2D eigenvalue weighted by molar-refractivity contribution is 0.224. The average molecular weight is 435 g/mol. The maximum atomic E-state index is 12.6. The number of hydrogen-bond acceptors (Lipinski definition) is 5. The summed E-state index contributed by atoms with van der Waals surface area (Å²) in [6.45, 7) is -0.562. The number of amides is 2. The van der Waals surface area contributed by atoms with Crippen molar-refractivity contribution in [1.29, 1.82) is 0 Å². The fourth-order valence-corrected chi connectivity index (χ4v) is 5.44. The van der Waals surface area contributed by atoms with Crippen molar-refractivity contribution >= 4 is 49.3 Å². The van der Waals surface area contributed by atoms with E-state index in [0.29, 0.717) is 18.7 Å². The van der Waals surface area contributed by atoms with Gasteiger partial charge in [-0.1, -0.05) is 23.2 Å². The topological polar surface area (TPSA) is 91.8 Å². The summed E-state index contributed by atoms with van der Waals surface area (Å²) in [4.78, 5) is 12.2. The minimum absolute atomic E-state index is 0.152. The summed E-state index contributed by atoms with van der Waals surface area (Å²) in [5.41, 5.74) is 0. The number of urea groups is 1. The standard InChI is InChI=1S/C15H12Cl2N2O5S2/c16-11-1-5-13(6-2-11)25(21,22)18-9-10-19(15(18)20)26(23,24)14-7-3-12(17)4-8-14/h1-8H,9-10H2. The van der Waals surface area contributed by atoms with Gasteiger partial charge in [-0.05, 0) is 48.5 Å². The maximum Gasteiger partial charge on any atom is 0.348 e. The van der Waals surface area contributed by atoms with Gasteiger partial charge in [-0.15, -0.1) is 0 Å². The van der Waals surface area contributed by atoms with Crippen molar-refractivity contribution in [1.82, 2.24) is 8.61 Å². The van der Waals surface area contributed by atoms with E-state index in [0.717, 1.165) is 0 Å². The monoisotopic (exact) mass is 434 g/mol. The predicted molar refractivity (Wildman–Crippen MR) is 96.1 cm³/mol. The Bertz CT molecular complexity index is 967. The van der Waals surface area contributed by atoms with Crippen molar-refractivity contribution in [2.45, 2.75) is 9.79 Å². The zero-order valence-electron chi connectivity index (χ0n) is 13.0. The fraction of sp³-hybridized carbons (Fsp3) is 0.133. The quantitative estimate of drug-likeness (QED) is 0.737. The second-order valence-corrected chi connectivity index (χ2v) is 9.94. The smallest absolute Gasteiger partial charge is 0.246 e. The van der Waals surface area contributed by atoms with Crippen LogP contribution in [0.25, 0.3) is 0 Å². The summed E-state index contributed by atoms with van der Waals surface area (Å²) < 4.78 is 51.6. The van der Waals surface area contributed by atoms with Gasteiger partial charge in [0.2, 0.25) is 0 Å². The Labute approximate surface area is 160 Å². The molecular formula is C15H12Cl2N2O5S2. The van der Waals surface area contributed by atoms with E-state index < -0.39 is 26.1 Å². The van der Waals surface area contributed by atoms with Crippen LogP contribution >= 0.6 is 23.2 Å². The van der Waals surface area contributed by atoms with E-state index in [4.69, 9.17) is 23.2 Å². The fourth-order valence-electron chi connectivity index (χ4n) is 2.41. The molecular weight excluding hydrogens is 423 g/mol. The molecule has 1 aliphatic heterocycles. The molecule has 1 aliphatic rings.